The summed E-state index contributed by atoms with van der Waals surface area (Å²) in [7, 11) is 0. The molecule has 0 atom stereocenters. The van der Waals surface area contributed by atoms with Crippen LogP contribution in [0.5, 0.6) is 0 Å². The zero-order valence-electron chi connectivity index (χ0n) is 11.8. The normalized spacial score (nSPS) is 24.6. The van der Waals surface area contributed by atoms with Gasteiger partial charge in [-0.3, -0.25) is 0 Å². The van der Waals surface area contributed by atoms with E-state index in [1.165, 1.54) is 32.1 Å². The van der Waals surface area contributed by atoms with Crippen molar-refractivity contribution in [2.24, 2.45) is 0 Å². The Morgan fingerprint density at radius 2 is 2.06 bits per heavy atom. The molecule has 0 spiro atoms. The molecule has 3 aliphatic rings. The van der Waals surface area contributed by atoms with Gasteiger partial charge in [0.2, 0.25) is 0 Å². The van der Waals surface area contributed by atoms with Crippen molar-refractivity contribution in [2.45, 2.75) is 54.2 Å². The predicted molar refractivity (Wildman–Crippen MR) is 76.4 cm³/mol. The number of hydrogen-bond donors (Lipinski definition) is 0. The van der Waals surface area contributed by atoms with Gasteiger partial charge in [-0.05, 0) is 0 Å². The fourth-order valence-electron chi connectivity index (χ4n) is 3.54. The minimum absolute atomic E-state index is 1.29. The van der Waals surface area contributed by atoms with Crippen molar-refractivity contribution in [2.75, 3.05) is 0 Å². The van der Waals surface area contributed by atoms with E-state index in [1.54, 1.807) is 19.4 Å². The molecule has 18 heavy (non-hydrogen) atoms. The van der Waals surface area contributed by atoms with Crippen LogP contribution in [-0.4, -0.2) is 0 Å². The summed E-state index contributed by atoms with van der Waals surface area (Å²) in [6, 6.07) is 0. The maximum atomic E-state index is 2.60. The van der Waals surface area contributed by atoms with Gasteiger partial charge in [-0.2, -0.15) is 0 Å². The summed E-state index contributed by atoms with van der Waals surface area (Å²) in [6.07, 6.45) is 16.4. The van der Waals surface area contributed by atoms with Crippen LogP contribution in [0.2, 0.25) is 8.26 Å². The van der Waals surface area contributed by atoms with Crippen LogP contribution >= 0.6 is 0 Å². The van der Waals surface area contributed by atoms with E-state index in [1.807, 2.05) is 6.56 Å². The average Bonchev–Trinajstić information content (AvgIpc) is 2.84. The number of unbranched alkanes of at least 4 members (excludes halogenated alkanes) is 1. The third-order valence-corrected chi connectivity index (χ3v) is 16.4. The monoisotopic (exact) mass is 318 g/mol. The van der Waals surface area contributed by atoms with Crippen LogP contribution in [0.3, 0.4) is 0 Å². The SMILES string of the molecule is CCCCC1=C(C)C=[C]([Zr]2([C]3=CC=CC3)[CH2][CH2]2)C1. The second-order valence-electron chi connectivity index (χ2n) is 6.14. The molecule has 0 radical (unpaired) electrons. The molecule has 1 fully saturated rings. The molecule has 0 unspecified atom stereocenters. The molecule has 0 bridgehead atoms. The Hall–Kier alpha value is -0.157. The number of rotatable bonds is 5. The second-order valence-corrected chi connectivity index (χ2v) is 17.1. The van der Waals surface area contributed by atoms with Gasteiger partial charge in [0.05, 0.1) is 0 Å². The van der Waals surface area contributed by atoms with Crippen molar-refractivity contribution in [1.29, 1.82) is 0 Å². The van der Waals surface area contributed by atoms with Gasteiger partial charge in [-0.15, -0.1) is 0 Å². The first-order valence-corrected chi connectivity index (χ1v) is 13.5. The van der Waals surface area contributed by atoms with Gasteiger partial charge in [-0.1, -0.05) is 0 Å². The van der Waals surface area contributed by atoms with Gasteiger partial charge in [0, 0.05) is 0 Å². The van der Waals surface area contributed by atoms with E-state index in [4.69, 9.17) is 0 Å². The molecule has 96 valence electrons. The van der Waals surface area contributed by atoms with Crippen molar-refractivity contribution < 1.29 is 20.3 Å². The molecule has 0 saturated carbocycles. The molecular weight excluding hydrogens is 295 g/mol. The van der Waals surface area contributed by atoms with Crippen molar-refractivity contribution in [1.82, 2.24) is 0 Å². The molecule has 0 amide bonds. The summed E-state index contributed by atoms with van der Waals surface area (Å²) >= 11 is -1.90. The Labute approximate surface area is 116 Å². The fourth-order valence-corrected chi connectivity index (χ4v) is 16.8. The molecule has 0 aromatic heterocycles. The Balaban J connectivity index is 1.72. The second kappa shape index (κ2) is 5.08. The number of allylic oxidation sites excluding steroid dienone is 8. The third-order valence-electron chi connectivity index (χ3n) is 4.93. The quantitative estimate of drug-likeness (QED) is 0.616. The summed E-state index contributed by atoms with van der Waals surface area (Å²) < 4.78 is 7.02. The maximum absolute atomic E-state index is 2.60. The zero-order chi connectivity index (χ0) is 12.6. The van der Waals surface area contributed by atoms with Crippen LogP contribution in [0.4, 0.5) is 0 Å². The predicted octanol–water partition coefficient (Wildman–Crippen LogP) is 5.63. The Morgan fingerprint density at radius 1 is 1.22 bits per heavy atom. The first-order chi connectivity index (χ1) is 8.76. The molecular formula is C17H24Zr. The summed E-state index contributed by atoms with van der Waals surface area (Å²) in [5.41, 5.74) is 3.38. The van der Waals surface area contributed by atoms with Gasteiger partial charge in [0.15, 0.2) is 0 Å². The summed E-state index contributed by atoms with van der Waals surface area (Å²) in [5.74, 6) is 0. The van der Waals surface area contributed by atoms with E-state index in [0.717, 1.165) is 0 Å². The van der Waals surface area contributed by atoms with Gasteiger partial charge >= 0.3 is 116 Å². The standard InChI is InChI=1S/C10H15.C5H5.C2H4.Zr/c1-3-4-7-10-8-5-6-9(10)2;1-2-4-5-3-1;1-2;/h6H,3-4,7-8H2,1-2H3;1-3H,4H2;1-2H2;. The van der Waals surface area contributed by atoms with Crippen LogP contribution in [0.25, 0.3) is 0 Å². The summed E-state index contributed by atoms with van der Waals surface area (Å²) in [5, 5.41) is 0. The van der Waals surface area contributed by atoms with E-state index in [-0.39, 0.29) is 0 Å². The van der Waals surface area contributed by atoms with E-state index in [2.05, 4.69) is 38.2 Å². The molecule has 2 aliphatic carbocycles. The Bertz CT molecular complexity index is 470. The Kier molecular flexibility index (Phi) is 3.63. The van der Waals surface area contributed by atoms with Crippen LogP contribution in [-0.2, 0) is 20.3 Å². The summed E-state index contributed by atoms with van der Waals surface area (Å²) in [6.45, 7) is 4.65. The number of hydrogen-bond acceptors (Lipinski definition) is 0. The molecule has 1 heteroatoms. The van der Waals surface area contributed by atoms with E-state index in [0.29, 0.717) is 0 Å². The molecule has 1 aliphatic heterocycles. The molecule has 0 nitrogen and oxygen atoms in total. The van der Waals surface area contributed by atoms with E-state index in [9.17, 15) is 0 Å². The van der Waals surface area contributed by atoms with Crippen molar-refractivity contribution in [3.05, 3.63) is 42.0 Å². The molecule has 1 heterocycles. The minimum atomic E-state index is -1.90. The van der Waals surface area contributed by atoms with Crippen molar-refractivity contribution >= 4 is 0 Å². The molecule has 0 aromatic rings. The fraction of sp³-hybridized carbons (Fsp3) is 0.529. The zero-order valence-corrected chi connectivity index (χ0v) is 14.2. The first-order valence-electron chi connectivity index (χ1n) is 7.52. The van der Waals surface area contributed by atoms with Crippen LogP contribution in [0.15, 0.2) is 42.0 Å². The van der Waals surface area contributed by atoms with Crippen LogP contribution in [0.1, 0.15) is 46.0 Å². The van der Waals surface area contributed by atoms with Crippen molar-refractivity contribution in [3.8, 4) is 0 Å². The first kappa shape index (κ1) is 12.9. The van der Waals surface area contributed by atoms with Crippen molar-refractivity contribution in [3.63, 3.8) is 0 Å². The topological polar surface area (TPSA) is 0 Å². The average molecular weight is 320 g/mol. The molecule has 0 N–H and O–H groups in total. The summed E-state index contributed by atoms with van der Waals surface area (Å²) in [4.78, 5) is 0. The van der Waals surface area contributed by atoms with Gasteiger partial charge < -0.3 is 0 Å². The molecule has 1 saturated heterocycles. The van der Waals surface area contributed by atoms with E-state index >= 15 is 0 Å². The van der Waals surface area contributed by atoms with E-state index < -0.39 is 20.3 Å². The van der Waals surface area contributed by atoms with Crippen LogP contribution in [0, 0.1) is 0 Å². The Morgan fingerprint density at radius 3 is 2.67 bits per heavy atom. The molecule has 3 rings (SSSR count). The third kappa shape index (κ3) is 2.20. The van der Waals surface area contributed by atoms with Gasteiger partial charge in [0.25, 0.3) is 0 Å². The van der Waals surface area contributed by atoms with Crippen LogP contribution < -0.4 is 0 Å². The van der Waals surface area contributed by atoms with Gasteiger partial charge in [-0.25, -0.2) is 0 Å². The van der Waals surface area contributed by atoms with Gasteiger partial charge in [0.1, 0.15) is 0 Å². The molecule has 0 aromatic carbocycles.